The van der Waals surface area contributed by atoms with Crippen molar-refractivity contribution in [3.8, 4) is 0 Å². The minimum absolute atomic E-state index is 0.0464. The summed E-state index contributed by atoms with van der Waals surface area (Å²) in [7, 11) is -1.93. The number of hydrogen-bond donors (Lipinski definition) is 0. The predicted molar refractivity (Wildman–Crippen MR) is 90.0 cm³/mol. The Morgan fingerprint density at radius 2 is 1.50 bits per heavy atom. The monoisotopic (exact) mass is 350 g/mol. The van der Waals surface area contributed by atoms with Crippen LogP contribution in [0.5, 0.6) is 0 Å². The van der Waals surface area contributed by atoms with Crippen molar-refractivity contribution in [1.82, 2.24) is 4.31 Å². The molecule has 7 heteroatoms. The van der Waals surface area contributed by atoms with E-state index < -0.39 is 10.0 Å². The molecular weight excluding hydrogens is 328 g/mol. The van der Waals surface area contributed by atoms with Gasteiger partial charge in [0.25, 0.3) is 0 Å². The van der Waals surface area contributed by atoms with Crippen molar-refractivity contribution in [3.05, 3.63) is 24.3 Å². The average molecular weight is 350 g/mol. The lowest BCUT2D eigenvalue weighted by atomic mass is 9.96. The van der Waals surface area contributed by atoms with Crippen LogP contribution in [-0.4, -0.2) is 37.6 Å². The third-order valence-corrected chi connectivity index (χ3v) is 6.84. The van der Waals surface area contributed by atoms with Crippen molar-refractivity contribution >= 4 is 27.5 Å². The van der Waals surface area contributed by atoms with Crippen LogP contribution in [0.3, 0.4) is 0 Å². The smallest absolute Gasteiger partial charge is 0.243 e. The van der Waals surface area contributed by atoms with Gasteiger partial charge >= 0.3 is 0 Å². The molecule has 0 unspecified atom stereocenters. The first-order chi connectivity index (χ1) is 11.4. The number of hydrogen-bond acceptors (Lipinski definition) is 4. The zero-order valence-electron chi connectivity index (χ0n) is 13.8. The van der Waals surface area contributed by atoms with E-state index in [4.69, 9.17) is 0 Å². The fourth-order valence-corrected chi connectivity index (χ4v) is 4.85. The van der Waals surface area contributed by atoms with E-state index in [0.717, 1.165) is 37.0 Å². The number of carbonyl (C=O) groups is 2. The molecule has 3 rings (SSSR count). The highest BCUT2D eigenvalue weighted by atomic mass is 32.2. The van der Waals surface area contributed by atoms with Gasteiger partial charge in [-0.25, -0.2) is 8.42 Å². The van der Waals surface area contributed by atoms with E-state index in [9.17, 15) is 18.0 Å². The van der Waals surface area contributed by atoms with Crippen LogP contribution in [0.25, 0.3) is 0 Å². The van der Waals surface area contributed by atoms with Crippen LogP contribution in [0.4, 0.5) is 5.69 Å². The highest BCUT2D eigenvalue weighted by Gasteiger charge is 2.32. The molecule has 1 aromatic carbocycles. The quantitative estimate of drug-likeness (QED) is 0.781. The Hall–Kier alpha value is -1.73. The summed E-state index contributed by atoms with van der Waals surface area (Å²) in [6, 6.07) is 6.06. The standard InChI is InChI=1S/C17H22N2O4S/c1-18(13-5-3-2-4-6-13)24(22,23)15-9-7-14(8-10-15)19-16(20)11-12-17(19)21/h7-10,13H,2-6,11-12H2,1H3. The molecule has 1 aliphatic heterocycles. The molecule has 1 aliphatic carbocycles. The molecule has 1 saturated carbocycles. The first kappa shape index (κ1) is 17.1. The highest BCUT2D eigenvalue weighted by molar-refractivity contribution is 7.89. The third kappa shape index (κ3) is 3.10. The average Bonchev–Trinajstić information content (AvgIpc) is 2.93. The fraction of sp³-hybridized carbons (Fsp3) is 0.529. The van der Waals surface area contributed by atoms with Gasteiger partial charge in [0, 0.05) is 25.9 Å². The maximum atomic E-state index is 12.8. The summed E-state index contributed by atoms with van der Waals surface area (Å²) in [4.78, 5) is 24.8. The van der Waals surface area contributed by atoms with Crippen molar-refractivity contribution in [3.63, 3.8) is 0 Å². The topological polar surface area (TPSA) is 74.8 Å². The van der Waals surface area contributed by atoms with Crippen molar-refractivity contribution in [2.75, 3.05) is 11.9 Å². The summed E-state index contributed by atoms with van der Waals surface area (Å²) in [5.74, 6) is -0.482. The highest BCUT2D eigenvalue weighted by Crippen LogP contribution is 2.28. The van der Waals surface area contributed by atoms with Crippen molar-refractivity contribution < 1.29 is 18.0 Å². The second-order valence-electron chi connectivity index (χ2n) is 6.43. The number of amides is 2. The van der Waals surface area contributed by atoms with Gasteiger partial charge in [0.15, 0.2) is 0 Å². The fourth-order valence-electron chi connectivity index (χ4n) is 3.44. The molecular formula is C17H22N2O4S. The van der Waals surface area contributed by atoms with Crippen LogP contribution in [-0.2, 0) is 19.6 Å². The van der Waals surface area contributed by atoms with Gasteiger partial charge in [-0.3, -0.25) is 14.5 Å². The molecule has 2 amide bonds. The van der Waals surface area contributed by atoms with Gasteiger partial charge in [-0.05, 0) is 37.1 Å². The molecule has 2 aliphatic rings. The molecule has 0 N–H and O–H groups in total. The second-order valence-corrected chi connectivity index (χ2v) is 8.43. The molecule has 0 bridgehead atoms. The predicted octanol–water partition coefficient (Wildman–Crippen LogP) is 2.29. The third-order valence-electron chi connectivity index (χ3n) is 4.91. The Morgan fingerprint density at radius 3 is 2.04 bits per heavy atom. The number of sulfonamides is 1. The number of imide groups is 1. The van der Waals surface area contributed by atoms with Crippen LogP contribution in [0.1, 0.15) is 44.9 Å². The minimum atomic E-state index is -3.56. The molecule has 6 nitrogen and oxygen atoms in total. The van der Waals surface area contributed by atoms with E-state index in [0.29, 0.717) is 5.69 Å². The number of benzene rings is 1. The first-order valence-electron chi connectivity index (χ1n) is 8.35. The number of carbonyl (C=O) groups excluding carboxylic acids is 2. The number of nitrogens with zero attached hydrogens (tertiary/aromatic N) is 2. The summed E-state index contributed by atoms with van der Waals surface area (Å²) < 4.78 is 27.0. The normalized spacial score (nSPS) is 20.2. The lowest BCUT2D eigenvalue weighted by molar-refractivity contribution is -0.121. The molecule has 0 atom stereocenters. The van der Waals surface area contributed by atoms with Gasteiger partial charge < -0.3 is 0 Å². The van der Waals surface area contributed by atoms with E-state index in [1.54, 1.807) is 7.05 Å². The number of rotatable bonds is 4. The Bertz CT molecular complexity index is 720. The lowest BCUT2D eigenvalue weighted by Gasteiger charge is -2.30. The van der Waals surface area contributed by atoms with E-state index in [1.165, 1.54) is 28.6 Å². The van der Waals surface area contributed by atoms with Crippen molar-refractivity contribution in [1.29, 1.82) is 0 Å². The molecule has 1 aromatic rings. The molecule has 0 aromatic heterocycles. The van der Waals surface area contributed by atoms with Crippen molar-refractivity contribution in [2.24, 2.45) is 0 Å². The number of anilines is 1. The van der Waals surface area contributed by atoms with E-state index in [-0.39, 0.29) is 35.6 Å². The molecule has 1 saturated heterocycles. The molecule has 24 heavy (non-hydrogen) atoms. The van der Waals surface area contributed by atoms with Gasteiger partial charge in [-0.2, -0.15) is 4.31 Å². The van der Waals surface area contributed by atoms with Gasteiger partial charge in [-0.1, -0.05) is 19.3 Å². The zero-order chi connectivity index (χ0) is 17.3. The summed E-state index contributed by atoms with van der Waals surface area (Å²) in [6.45, 7) is 0. The lowest BCUT2D eigenvalue weighted by Crippen LogP contribution is -2.38. The van der Waals surface area contributed by atoms with Crippen LogP contribution in [0, 0.1) is 0 Å². The minimum Gasteiger partial charge on any atom is -0.274 e. The van der Waals surface area contributed by atoms with E-state index >= 15 is 0 Å². The molecule has 1 heterocycles. The Morgan fingerprint density at radius 1 is 0.958 bits per heavy atom. The van der Waals surface area contributed by atoms with Crippen molar-refractivity contribution in [2.45, 2.75) is 55.9 Å². The summed E-state index contributed by atoms with van der Waals surface area (Å²) in [6.07, 6.45) is 5.49. The zero-order valence-corrected chi connectivity index (χ0v) is 14.6. The van der Waals surface area contributed by atoms with Gasteiger partial charge in [0.05, 0.1) is 10.6 Å². The SMILES string of the molecule is CN(C1CCCCC1)S(=O)(=O)c1ccc(N2C(=O)CCC2=O)cc1. The maximum Gasteiger partial charge on any atom is 0.243 e. The van der Waals surface area contributed by atoms with E-state index in [1.807, 2.05) is 0 Å². The van der Waals surface area contributed by atoms with Gasteiger partial charge in [0.1, 0.15) is 0 Å². The van der Waals surface area contributed by atoms with E-state index in [2.05, 4.69) is 0 Å². The first-order valence-corrected chi connectivity index (χ1v) is 9.79. The van der Waals surface area contributed by atoms with Crippen LogP contribution in [0.15, 0.2) is 29.2 Å². The molecule has 0 radical (unpaired) electrons. The summed E-state index contributed by atoms with van der Waals surface area (Å²) >= 11 is 0. The largest absolute Gasteiger partial charge is 0.274 e. The molecule has 130 valence electrons. The summed E-state index contributed by atoms with van der Waals surface area (Å²) in [5.41, 5.74) is 0.432. The Balaban J connectivity index is 1.81. The Labute approximate surface area is 142 Å². The van der Waals surface area contributed by atoms with Crippen LogP contribution >= 0.6 is 0 Å². The van der Waals surface area contributed by atoms with Gasteiger partial charge in [0.2, 0.25) is 21.8 Å². The Kier molecular flexibility index (Phi) is 4.73. The molecule has 0 spiro atoms. The second kappa shape index (κ2) is 6.64. The van der Waals surface area contributed by atoms with Crippen LogP contribution < -0.4 is 4.90 Å². The van der Waals surface area contributed by atoms with Crippen LogP contribution in [0.2, 0.25) is 0 Å². The summed E-state index contributed by atoms with van der Waals surface area (Å²) in [5, 5.41) is 0. The maximum absolute atomic E-state index is 12.8. The molecule has 2 fully saturated rings. The van der Waals surface area contributed by atoms with Gasteiger partial charge in [-0.15, -0.1) is 0 Å².